The molecule has 3 rings (SSSR count). The summed E-state index contributed by atoms with van der Waals surface area (Å²) in [7, 11) is 3.21. The van der Waals surface area contributed by atoms with Gasteiger partial charge in [0.05, 0.1) is 14.2 Å². The van der Waals surface area contributed by atoms with Gasteiger partial charge >= 0.3 is 12.2 Å². The fourth-order valence-electron chi connectivity index (χ4n) is 3.30. The minimum absolute atomic E-state index is 0.167. The monoisotopic (exact) mass is 457 g/mol. The summed E-state index contributed by atoms with van der Waals surface area (Å²) < 4.78 is 21.2. The molecule has 1 aliphatic heterocycles. The second-order valence-corrected chi connectivity index (χ2v) is 7.53. The van der Waals surface area contributed by atoms with E-state index in [4.69, 9.17) is 18.9 Å². The van der Waals surface area contributed by atoms with Crippen LogP contribution in [0.1, 0.15) is 11.1 Å². The summed E-state index contributed by atoms with van der Waals surface area (Å²) >= 11 is 0. The van der Waals surface area contributed by atoms with Crippen LogP contribution in [0.25, 0.3) is 0 Å². The van der Waals surface area contributed by atoms with Gasteiger partial charge in [-0.15, -0.1) is 0 Å². The van der Waals surface area contributed by atoms with Crippen LogP contribution in [0.3, 0.4) is 0 Å². The molecule has 1 N–H and O–H groups in total. The standard InChI is InChI=1S/C24H31N3O6/c1-30-21-7-3-19(4-8-21)17-32-23(28)26-13-11-25-12-14-27(16-15-26)24(29)33-18-20-5-9-22(31-2)10-6-20/h3-10,25H,11-18H2,1-2H3. The molecule has 0 aromatic heterocycles. The lowest BCUT2D eigenvalue weighted by molar-refractivity contribution is 0.0818. The van der Waals surface area contributed by atoms with E-state index in [0.717, 1.165) is 22.6 Å². The van der Waals surface area contributed by atoms with Gasteiger partial charge in [-0.1, -0.05) is 24.3 Å². The molecule has 1 saturated heterocycles. The first-order valence-corrected chi connectivity index (χ1v) is 10.9. The molecular weight excluding hydrogens is 426 g/mol. The molecule has 178 valence electrons. The van der Waals surface area contributed by atoms with Gasteiger partial charge in [-0.3, -0.25) is 0 Å². The van der Waals surface area contributed by atoms with Crippen molar-refractivity contribution in [1.29, 1.82) is 0 Å². The first-order chi connectivity index (χ1) is 16.1. The third-order valence-electron chi connectivity index (χ3n) is 5.32. The number of nitrogens with zero attached hydrogens (tertiary/aromatic N) is 2. The van der Waals surface area contributed by atoms with E-state index < -0.39 is 12.2 Å². The number of amides is 2. The van der Waals surface area contributed by atoms with E-state index in [1.165, 1.54) is 0 Å². The first kappa shape index (κ1) is 24.2. The number of carbonyl (C=O) groups excluding carboxylic acids is 2. The van der Waals surface area contributed by atoms with Crippen LogP contribution < -0.4 is 14.8 Å². The molecule has 1 heterocycles. The van der Waals surface area contributed by atoms with E-state index in [-0.39, 0.29) is 13.2 Å². The van der Waals surface area contributed by atoms with E-state index in [0.29, 0.717) is 39.3 Å². The molecule has 2 amide bonds. The van der Waals surface area contributed by atoms with Gasteiger partial charge in [-0.25, -0.2) is 9.59 Å². The minimum Gasteiger partial charge on any atom is -0.497 e. The Morgan fingerprint density at radius 3 is 1.45 bits per heavy atom. The van der Waals surface area contributed by atoms with Crippen LogP contribution in [0.5, 0.6) is 11.5 Å². The van der Waals surface area contributed by atoms with Crippen LogP contribution in [0.15, 0.2) is 48.5 Å². The Hall–Kier alpha value is -3.46. The van der Waals surface area contributed by atoms with Crippen molar-refractivity contribution in [2.75, 3.05) is 53.5 Å². The van der Waals surface area contributed by atoms with Crippen molar-refractivity contribution >= 4 is 12.2 Å². The molecule has 0 bridgehead atoms. The van der Waals surface area contributed by atoms with Gasteiger partial charge in [0.15, 0.2) is 0 Å². The molecule has 0 atom stereocenters. The topological polar surface area (TPSA) is 89.6 Å². The summed E-state index contributed by atoms with van der Waals surface area (Å²) in [6, 6.07) is 14.7. The molecule has 0 spiro atoms. The average Bonchev–Trinajstić information content (AvgIpc) is 2.99. The summed E-state index contributed by atoms with van der Waals surface area (Å²) in [6.07, 6.45) is -0.831. The van der Waals surface area contributed by atoms with E-state index in [1.54, 1.807) is 24.0 Å². The van der Waals surface area contributed by atoms with Crippen molar-refractivity contribution in [2.24, 2.45) is 0 Å². The van der Waals surface area contributed by atoms with E-state index >= 15 is 0 Å². The second-order valence-electron chi connectivity index (χ2n) is 7.53. The van der Waals surface area contributed by atoms with Gasteiger partial charge in [-0.05, 0) is 35.4 Å². The third kappa shape index (κ3) is 7.57. The van der Waals surface area contributed by atoms with Crippen LogP contribution in [-0.2, 0) is 22.7 Å². The van der Waals surface area contributed by atoms with Crippen molar-refractivity contribution in [3.8, 4) is 11.5 Å². The van der Waals surface area contributed by atoms with E-state index in [9.17, 15) is 9.59 Å². The Labute approximate surface area is 194 Å². The number of carbonyl (C=O) groups is 2. The number of benzene rings is 2. The van der Waals surface area contributed by atoms with Gasteiger partial charge in [0.25, 0.3) is 0 Å². The summed E-state index contributed by atoms with van der Waals surface area (Å²) in [5, 5.41) is 3.24. The third-order valence-corrected chi connectivity index (χ3v) is 5.32. The van der Waals surface area contributed by atoms with Crippen LogP contribution in [0.4, 0.5) is 9.59 Å². The zero-order valence-corrected chi connectivity index (χ0v) is 19.1. The summed E-state index contributed by atoms with van der Waals surface area (Å²) in [6.45, 7) is 3.29. The molecule has 0 unspecified atom stereocenters. The van der Waals surface area contributed by atoms with Gasteiger partial charge in [0.2, 0.25) is 0 Å². The predicted molar refractivity (Wildman–Crippen MR) is 122 cm³/mol. The van der Waals surface area contributed by atoms with E-state index in [1.807, 2.05) is 48.5 Å². The zero-order chi connectivity index (χ0) is 23.5. The molecule has 9 nitrogen and oxygen atoms in total. The molecule has 33 heavy (non-hydrogen) atoms. The largest absolute Gasteiger partial charge is 0.497 e. The maximum Gasteiger partial charge on any atom is 0.410 e. The van der Waals surface area contributed by atoms with E-state index in [2.05, 4.69) is 5.32 Å². The zero-order valence-electron chi connectivity index (χ0n) is 19.1. The van der Waals surface area contributed by atoms with Crippen molar-refractivity contribution in [2.45, 2.75) is 13.2 Å². The van der Waals surface area contributed by atoms with Crippen molar-refractivity contribution < 1.29 is 28.5 Å². The van der Waals surface area contributed by atoms with Crippen molar-refractivity contribution in [3.05, 3.63) is 59.7 Å². The Balaban J connectivity index is 1.49. The van der Waals surface area contributed by atoms with Crippen LogP contribution in [-0.4, -0.2) is 75.5 Å². The van der Waals surface area contributed by atoms with Gasteiger partial charge in [0, 0.05) is 39.3 Å². The molecular formula is C24H31N3O6. The Morgan fingerprint density at radius 2 is 1.09 bits per heavy atom. The lowest BCUT2D eigenvalue weighted by atomic mass is 10.2. The average molecular weight is 458 g/mol. The van der Waals surface area contributed by atoms with Gasteiger partial charge in [0.1, 0.15) is 24.7 Å². The lowest BCUT2D eigenvalue weighted by Crippen LogP contribution is -2.42. The quantitative estimate of drug-likeness (QED) is 0.713. The summed E-state index contributed by atoms with van der Waals surface area (Å²) in [4.78, 5) is 28.4. The lowest BCUT2D eigenvalue weighted by Gasteiger charge is -2.25. The van der Waals surface area contributed by atoms with Crippen LogP contribution in [0.2, 0.25) is 0 Å². The highest BCUT2D eigenvalue weighted by Crippen LogP contribution is 2.14. The number of rotatable bonds is 6. The number of nitrogens with one attached hydrogen (secondary N) is 1. The maximum atomic E-state index is 12.6. The normalized spacial score (nSPS) is 14.5. The SMILES string of the molecule is COc1ccc(COC(=O)N2CCNCCN(C(=O)OCc3ccc(OC)cc3)CC2)cc1. The van der Waals surface area contributed by atoms with Crippen LogP contribution in [0, 0.1) is 0 Å². The number of methoxy groups -OCH3 is 2. The fourth-order valence-corrected chi connectivity index (χ4v) is 3.30. The molecule has 2 aromatic rings. The summed E-state index contributed by atoms with van der Waals surface area (Å²) in [5.41, 5.74) is 1.74. The minimum atomic E-state index is -0.416. The van der Waals surface area contributed by atoms with Crippen molar-refractivity contribution in [3.63, 3.8) is 0 Å². The van der Waals surface area contributed by atoms with Gasteiger partial charge in [-0.2, -0.15) is 0 Å². The smallest absolute Gasteiger partial charge is 0.410 e. The molecule has 2 aromatic carbocycles. The molecule has 9 heteroatoms. The molecule has 1 aliphatic rings. The predicted octanol–water partition coefficient (Wildman–Crippen LogP) is 2.88. The molecule has 0 radical (unpaired) electrons. The molecule has 0 saturated carbocycles. The van der Waals surface area contributed by atoms with Gasteiger partial charge < -0.3 is 34.1 Å². The Bertz CT molecular complexity index is 815. The highest BCUT2D eigenvalue weighted by atomic mass is 16.6. The van der Waals surface area contributed by atoms with Crippen LogP contribution >= 0.6 is 0 Å². The fraction of sp³-hybridized carbons (Fsp3) is 0.417. The number of ether oxygens (including phenoxy) is 4. The number of hydrogen-bond donors (Lipinski definition) is 1. The van der Waals surface area contributed by atoms with Crippen molar-refractivity contribution in [1.82, 2.24) is 15.1 Å². The summed E-state index contributed by atoms with van der Waals surface area (Å²) in [5.74, 6) is 1.49. The highest BCUT2D eigenvalue weighted by molar-refractivity contribution is 5.69. The first-order valence-electron chi connectivity index (χ1n) is 10.9. The highest BCUT2D eigenvalue weighted by Gasteiger charge is 2.21. The Kier molecular flexibility index (Phi) is 9.19. The molecule has 0 aliphatic carbocycles. The maximum absolute atomic E-state index is 12.6. The second kappa shape index (κ2) is 12.5. The number of hydrogen-bond acceptors (Lipinski definition) is 7. The Morgan fingerprint density at radius 1 is 0.697 bits per heavy atom. The molecule has 1 fully saturated rings.